The molecule has 0 radical (unpaired) electrons. The van der Waals surface area contributed by atoms with Crippen LogP contribution in [-0.2, 0) is 0 Å². The minimum atomic E-state index is -0.430. The van der Waals surface area contributed by atoms with Gasteiger partial charge in [0.2, 0.25) is 0 Å². The molecule has 166 valence electrons. The minimum Gasteiger partial charge on any atom is -0.872 e. The third kappa shape index (κ3) is 3.37. The van der Waals surface area contributed by atoms with Crippen LogP contribution in [-0.4, -0.2) is 15.5 Å². The van der Waals surface area contributed by atoms with Gasteiger partial charge in [0.15, 0.2) is 5.69 Å². The Bertz CT molecular complexity index is 1160. The van der Waals surface area contributed by atoms with Gasteiger partial charge in [-0.1, -0.05) is 42.8 Å². The molecule has 2 heterocycles. The number of benzene rings is 2. The molecule has 2 aromatic carbocycles. The van der Waals surface area contributed by atoms with E-state index in [-0.39, 0.29) is 23.5 Å². The van der Waals surface area contributed by atoms with E-state index in [9.17, 15) is 15.2 Å². The summed E-state index contributed by atoms with van der Waals surface area (Å²) in [5.41, 5.74) is 2.66. The van der Waals surface area contributed by atoms with Gasteiger partial charge in [0.1, 0.15) is 18.3 Å². The molecule has 1 fully saturated rings. The average Bonchev–Trinajstić information content (AvgIpc) is 3.21. The summed E-state index contributed by atoms with van der Waals surface area (Å²) in [6.45, 7) is 4.26. The number of nitrogens with one attached hydrogen (secondary N) is 1. The number of imidazole rings is 1. The molecule has 7 nitrogen and oxygen atoms in total. The van der Waals surface area contributed by atoms with Gasteiger partial charge in [-0.25, -0.2) is 9.13 Å². The molecule has 32 heavy (non-hydrogen) atoms. The zero-order valence-corrected chi connectivity index (χ0v) is 18.4. The lowest BCUT2D eigenvalue weighted by molar-refractivity contribution is -0.724. The molecule has 3 atom stereocenters. The molecule has 5 rings (SSSR count). The van der Waals surface area contributed by atoms with Crippen LogP contribution in [0.2, 0.25) is 0 Å². The summed E-state index contributed by atoms with van der Waals surface area (Å²) in [7, 11) is 0. The lowest BCUT2D eigenvalue weighted by Gasteiger charge is -2.39. The van der Waals surface area contributed by atoms with Crippen molar-refractivity contribution in [3.63, 3.8) is 0 Å². The van der Waals surface area contributed by atoms with E-state index in [2.05, 4.69) is 46.6 Å². The Balaban J connectivity index is 1.77. The standard InChI is InChI=1S/C25H28N4O3/c1-16(2)27-15-22(17-8-4-3-5-9-17)28-21-11-7-6-10-20(21)26-24(25(27)28)19-14-18(29(31)32)12-13-23(19)30/h3-5,8-9,12-16,20-21,24,26H,6-7,10-11H2,1-2H3/t20-,21-,24+/m1/s1. The minimum absolute atomic E-state index is 0.0512. The maximum Gasteiger partial charge on any atom is 0.279 e. The van der Waals surface area contributed by atoms with E-state index in [1.165, 1.54) is 24.6 Å². The first-order valence-corrected chi connectivity index (χ1v) is 11.4. The van der Waals surface area contributed by atoms with E-state index < -0.39 is 11.0 Å². The molecular formula is C25H28N4O3. The van der Waals surface area contributed by atoms with Crippen LogP contribution < -0.4 is 15.0 Å². The van der Waals surface area contributed by atoms with Gasteiger partial charge in [0.05, 0.1) is 11.0 Å². The Hall–Kier alpha value is -3.19. The fourth-order valence-electron chi connectivity index (χ4n) is 5.39. The second-order valence-corrected chi connectivity index (χ2v) is 9.15. The fraction of sp³-hybridized carbons (Fsp3) is 0.400. The van der Waals surface area contributed by atoms with Crippen molar-refractivity contribution in [3.05, 3.63) is 76.2 Å². The SMILES string of the molecule is CC(C)[n+]1cc(-c2ccccc2)n2c1[C@H](c1cc([N+](=O)[O-])ccc1[O-])N[C@@H]1CCCC[C@H]12. The maximum atomic E-state index is 12.9. The molecule has 3 aromatic rings. The largest absolute Gasteiger partial charge is 0.872 e. The van der Waals surface area contributed by atoms with Gasteiger partial charge >= 0.3 is 0 Å². The Morgan fingerprint density at radius 1 is 1.12 bits per heavy atom. The number of fused-ring (bicyclic) bond motifs is 3. The van der Waals surface area contributed by atoms with Crippen molar-refractivity contribution < 1.29 is 14.6 Å². The number of nitrogens with zero attached hydrogens (tertiary/aromatic N) is 3. The quantitative estimate of drug-likeness (QED) is 0.381. The molecule has 1 aromatic heterocycles. The first-order valence-electron chi connectivity index (χ1n) is 11.4. The van der Waals surface area contributed by atoms with Crippen LogP contribution in [0.1, 0.15) is 69.0 Å². The van der Waals surface area contributed by atoms with Crippen LogP contribution in [0, 0.1) is 10.1 Å². The number of nitro benzene ring substituents is 1. The van der Waals surface area contributed by atoms with E-state index in [0.29, 0.717) is 11.6 Å². The van der Waals surface area contributed by atoms with Gasteiger partial charge in [0, 0.05) is 23.7 Å². The van der Waals surface area contributed by atoms with E-state index >= 15 is 0 Å². The second-order valence-electron chi connectivity index (χ2n) is 9.15. The van der Waals surface area contributed by atoms with Gasteiger partial charge < -0.3 is 5.11 Å². The van der Waals surface area contributed by atoms with Crippen molar-refractivity contribution in [3.8, 4) is 17.0 Å². The highest BCUT2D eigenvalue weighted by atomic mass is 16.6. The summed E-state index contributed by atoms with van der Waals surface area (Å²) in [5.74, 6) is 0.825. The first-order chi connectivity index (χ1) is 15.5. The van der Waals surface area contributed by atoms with Gasteiger partial charge in [-0.15, -0.1) is 5.75 Å². The summed E-state index contributed by atoms with van der Waals surface area (Å²) in [6, 6.07) is 14.7. The van der Waals surface area contributed by atoms with E-state index in [0.717, 1.165) is 36.3 Å². The van der Waals surface area contributed by atoms with Crippen LogP contribution >= 0.6 is 0 Å². The summed E-state index contributed by atoms with van der Waals surface area (Å²) < 4.78 is 4.64. The maximum absolute atomic E-state index is 12.9. The monoisotopic (exact) mass is 432 g/mol. The van der Waals surface area contributed by atoms with Crippen molar-refractivity contribution in [2.24, 2.45) is 0 Å². The molecule has 0 saturated heterocycles. The van der Waals surface area contributed by atoms with Gasteiger partial charge in [-0.05, 0) is 38.7 Å². The number of aromatic nitrogens is 2. The Morgan fingerprint density at radius 3 is 2.59 bits per heavy atom. The highest BCUT2D eigenvalue weighted by molar-refractivity contribution is 5.59. The highest BCUT2D eigenvalue weighted by Crippen LogP contribution is 2.43. The Morgan fingerprint density at radius 2 is 1.88 bits per heavy atom. The summed E-state index contributed by atoms with van der Waals surface area (Å²) >= 11 is 0. The summed E-state index contributed by atoms with van der Waals surface area (Å²) in [6.07, 6.45) is 6.59. The molecule has 1 aliphatic carbocycles. The molecule has 7 heteroatoms. The zero-order chi connectivity index (χ0) is 22.4. The van der Waals surface area contributed by atoms with Crippen LogP contribution in [0.5, 0.6) is 5.75 Å². The van der Waals surface area contributed by atoms with Crippen LogP contribution in [0.25, 0.3) is 11.3 Å². The predicted molar refractivity (Wildman–Crippen MR) is 119 cm³/mol. The van der Waals surface area contributed by atoms with E-state index in [1.54, 1.807) is 0 Å². The molecule has 0 amide bonds. The number of nitro groups is 1. The fourth-order valence-corrected chi connectivity index (χ4v) is 5.39. The first kappa shape index (κ1) is 20.7. The molecular weight excluding hydrogens is 404 g/mol. The lowest BCUT2D eigenvalue weighted by atomic mass is 9.86. The van der Waals surface area contributed by atoms with Gasteiger partial charge in [-0.2, -0.15) is 0 Å². The lowest BCUT2D eigenvalue weighted by Crippen LogP contribution is -2.53. The number of hydrogen-bond acceptors (Lipinski definition) is 4. The van der Waals surface area contributed by atoms with Crippen molar-refractivity contribution in [1.29, 1.82) is 0 Å². The number of hydrogen-bond donors (Lipinski definition) is 1. The van der Waals surface area contributed by atoms with Crippen molar-refractivity contribution in [2.75, 3.05) is 0 Å². The normalized spacial score (nSPS) is 22.4. The third-order valence-corrected chi connectivity index (χ3v) is 6.87. The molecule has 2 aliphatic rings. The van der Waals surface area contributed by atoms with E-state index in [4.69, 9.17) is 0 Å². The highest BCUT2D eigenvalue weighted by Gasteiger charge is 2.46. The predicted octanol–water partition coefficient (Wildman–Crippen LogP) is 4.18. The number of rotatable bonds is 4. The van der Waals surface area contributed by atoms with E-state index in [1.807, 2.05) is 18.2 Å². The van der Waals surface area contributed by atoms with Crippen LogP contribution in [0.4, 0.5) is 5.69 Å². The molecule has 0 bridgehead atoms. The molecule has 1 saturated carbocycles. The number of non-ortho nitro benzene ring substituents is 1. The molecule has 0 spiro atoms. The van der Waals surface area contributed by atoms with Crippen molar-refractivity contribution >= 4 is 5.69 Å². The second kappa shape index (κ2) is 8.06. The molecule has 0 unspecified atom stereocenters. The topological polar surface area (TPSA) is 87.0 Å². The Labute approximate surface area is 187 Å². The van der Waals surface area contributed by atoms with Gasteiger partial charge in [-0.3, -0.25) is 15.4 Å². The zero-order valence-electron chi connectivity index (χ0n) is 18.4. The molecule has 1 N–H and O–H groups in total. The summed E-state index contributed by atoms with van der Waals surface area (Å²) in [5, 5.41) is 28.1. The van der Waals surface area contributed by atoms with Gasteiger partial charge in [0.25, 0.3) is 11.5 Å². The smallest absolute Gasteiger partial charge is 0.279 e. The third-order valence-electron chi connectivity index (χ3n) is 6.87. The summed E-state index contributed by atoms with van der Waals surface area (Å²) in [4.78, 5) is 11.0. The average molecular weight is 433 g/mol. The van der Waals surface area contributed by atoms with Crippen LogP contribution in [0.15, 0.2) is 54.7 Å². The van der Waals surface area contributed by atoms with Crippen molar-refractivity contribution in [2.45, 2.75) is 63.7 Å². The van der Waals surface area contributed by atoms with Crippen LogP contribution in [0.3, 0.4) is 0 Å². The molecule has 1 aliphatic heterocycles. The Kier molecular flexibility index (Phi) is 5.21. The van der Waals surface area contributed by atoms with Crippen molar-refractivity contribution in [1.82, 2.24) is 9.88 Å².